The van der Waals surface area contributed by atoms with Crippen LogP contribution in [0.4, 0.5) is 5.69 Å². The third-order valence-electron chi connectivity index (χ3n) is 2.29. The molecule has 7 nitrogen and oxygen atoms in total. The van der Waals surface area contributed by atoms with Crippen LogP contribution < -0.4 is 20.5 Å². The van der Waals surface area contributed by atoms with Crippen molar-refractivity contribution in [2.24, 2.45) is 5.73 Å². The van der Waals surface area contributed by atoms with Crippen molar-refractivity contribution in [1.29, 1.82) is 0 Å². The standard InChI is InChI=1S/C12H19N3O4S.ClH/c1-9(15-20(2,17)18)12(16)14-10-3-5-11(6-4-10)19-8-7-13;/h3-6,9,15H,7-8,13H2,1-2H3,(H,14,16);1H. The Hall–Kier alpha value is -1.35. The molecule has 0 aliphatic rings. The lowest BCUT2D eigenvalue weighted by Crippen LogP contribution is -2.40. The summed E-state index contributed by atoms with van der Waals surface area (Å²) in [7, 11) is -3.42. The van der Waals surface area contributed by atoms with Gasteiger partial charge in [0.1, 0.15) is 12.4 Å². The van der Waals surface area contributed by atoms with Gasteiger partial charge in [0.15, 0.2) is 0 Å². The minimum absolute atomic E-state index is 0. The highest BCUT2D eigenvalue weighted by molar-refractivity contribution is 7.88. The predicted molar refractivity (Wildman–Crippen MR) is 84.3 cm³/mol. The maximum atomic E-state index is 11.8. The summed E-state index contributed by atoms with van der Waals surface area (Å²) in [5.41, 5.74) is 5.87. The van der Waals surface area contributed by atoms with Crippen molar-refractivity contribution in [3.8, 4) is 5.75 Å². The quantitative estimate of drug-likeness (QED) is 0.663. The molecule has 1 aromatic rings. The molecule has 4 N–H and O–H groups in total. The van der Waals surface area contributed by atoms with E-state index in [2.05, 4.69) is 10.0 Å². The second-order valence-corrected chi connectivity index (χ2v) is 6.04. The number of amides is 1. The molecule has 21 heavy (non-hydrogen) atoms. The molecular weight excluding hydrogens is 318 g/mol. The Kier molecular flexibility index (Phi) is 8.26. The summed E-state index contributed by atoms with van der Waals surface area (Å²) < 4.78 is 29.6. The minimum atomic E-state index is -3.42. The van der Waals surface area contributed by atoms with E-state index in [0.717, 1.165) is 6.26 Å². The van der Waals surface area contributed by atoms with Gasteiger partial charge in [0, 0.05) is 12.2 Å². The van der Waals surface area contributed by atoms with Gasteiger partial charge in [-0.05, 0) is 31.2 Å². The molecule has 0 bridgehead atoms. The molecule has 120 valence electrons. The number of halogens is 1. The number of hydrogen-bond donors (Lipinski definition) is 3. The Morgan fingerprint density at radius 1 is 1.33 bits per heavy atom. The van der Waals surface area contributed by atoms with Crippen LogP contribution in [0.15, 0.2) is 24.3 Å². The average molecular weight is 338 g/mol. The summed E-state index contributed by atoms with van der Waals surface area (Å²) >= 11 is 0. The smallest absolute Gasteiger partial charge is 0.242 e. The van der Waals surface area contributed by atoms with Gasteiger partial charge < -0.3 is 15.8 Å². The lowest BCUT2D eigenvalue weighted by atomic mass is 10.2. The maximum absolute atomic E-state index is 11.8. The molecule has 9 heteroatoms. The Labute approximate surface area is 130 Å². The van der Waals surface area contributed by atoms with Crippen LogP contribution in [-0.2, 0) is 14.8 Å². The van der Waals surface area contributed by atoms with Crippen molar-refractivity contribution in [2.75, 3.05) is 24.7 Å². The van der Waals surface area contributed by atoms with Crippen LogP contribution in [0.25, 0.3) is 0 Å². The second kappa shape index (κ2) is 8.83. The van der Waals surface area contributed by atoms with Gasteiger partial charge in [-0.25, -0.2) is 13.1 Å². The van der Waals surface area contributed by atoms with Gasteiger partial charge in [-0.1, -0.05) is 0 Å². The van der Waals surface area contributed by atoms with Crippen LogP contribution in [0.2, 0.25) is 0 Å². The number of ether oxygens (including phenoxy) is 1. The summed E-state index contributed by atoms with van der Waals surface area (Å²) in [5.74, 6) is 0.210. The lowest BCUT2D eigenvalue weighted by molar-refractivity contribution is -0.117. The van der Waals surface area contributed by atoms with Gasteiger partial charge in [-0.2, -0.15) is 0 Å². The maximum Gasteiger partial charge on any atom is 0.242 e. The summed E-state index contributed by atoms with van der Waals surface area (Å²) in [6.07, 6.45) is 1.00. The number of carbonyl (C=O) groups is 1. The van der Waals surface area contributed by atoms with Crippen molar-refractivity contribution in [3.63, 3.8) is 0 Å². The molecule has 0 aromatic heterocycles. The Balaban J connectivity index is 0.00000400. The Morgan fingerprint density at radius 2 is 1.90 bits per heavy atom. The Morgan fingerprint density at radius 3 is 2.38 bits per heavy atom. The number of sulfonamides is 1. The van der Waals surface area contributed by atoms with Crippen molar-refractivity contribution in [1.82, 2.24) is 4.72 Å². The van der Waals surface area contributed by atoms with E-state index in [1.807, 2.05) is 0 Å². The first-order valence-electron chi connectivity index (χ1n) is 6.03. The van der Waals surface area contributed by atoms with Crippen LogP contribution >= 0.6 is 12.4 Å². The molecule has 0 aliphatic carbocycles. The zero-order chi connectivity index (χ0) is 15.2. The molecule has 1 amide bonds. The molecule has 0 heterocycles. The molecule has 0 spiro atoms. The molecule has 1 aromatic carbocycles. The first-order valence-corrected chi connectivity index (χ1v) is 7.92. The lowest BCUT2D eigenvalue weighted by Gasteiger charge is -2.13. The van der Waals surface area contributed by atoms with E-state index in [1.165, 1.54) is 6.92 Å². The van der Waals surface area contributed by atoms with Gasteiger partial charge in [0.2, 0.25) is 15.9 Å². The minimum Gasteiger partial charge on any atom is -0.492 e. The van der Waals surface area contributed by atoms with E-state index < -0.39 is 22.0 Å². The first-order chi connectivity index (χ1) is 9.31. The number of rotatable bonds is 7. The predicted octanol–water partition coefficient (Wildman–Crippen LogP) is 0.322. The highest BCUT2D eigenvalue weighted by atomic mass is 35.5. The van der Waals surface area contributed by atoms with Crippen LogP contribution in [0.5, 0.6) is 5.75 Å². The van der Waals surface area contributed by atoms with Gasteiger partial charge in [0.25, 0.3) is 0 Å². The van der Waals surface area contributed by atoms with Crippen molar-refractivity contribution >= 4 is 34.0 Å². The number of anilines is 1. The molecule has 1 unspecified atom stereocenters. The third kappa shape index (κ3) is 7.86. The Bertz CT molecular complexity index is 548. The van der Waals surface area contributed by atoms with Crippen LogP contribution in [0, 0.1) is 0 Å². The van der Waals surface area contributed by atoms with Crippen molar-refractivity contribution < 1.29 is 17.9 Å². The van der Waals surface area contributed by atoms with Gasteiger partial charge in [-0.15, -0.1) is 12.4 Å². The fraction of sp³-hybridized carbons (Fsp3) is 0.417. The van der Waals surface area contributed by atoms with E-state index in [4.69, 9.17) is 10.5 Å². The van der Waals surface area contributed by atoms with Gasteiger partial charge in [-0.3, -0.25) is 4.79 Å². The number of nitrogens with two attached hydrogens (primary N) is 1. The van der Waals surface area contributed by atoms with Crippen LogP contribution in [0.1, 0.15) is 6.92 Å². The number of nitrogens with one attached hydrogen (secondary N) is 2. The van der Waals surface area contributed by atoms with E-state index >= 15 is 0 Å². The van der Waals surface area contributed by atoms with Crippen LogP contribution in [0.3, 0.4) is 0 Å². The fourth-order valence-corrected chi connectivity index (χ4v) is 2.19. The highest BCUT2D eigenvalue weighted by Gasteiger charge is 2.16. The van der Waals surface area contributed by atoms with E-state index in [0.29, 0.717) is 24.6 Å². The second-order valence-electron chi connectivity index (χ2n) is 4.26. The molecule has 0 radical (unpaired) electrons. The van der Waals surface area contributed by atoms with Gasteiger partial charge in [0.05, 0.1) is 12.3 Å². The van der Waals surface area contributed by atoms with Crippen molar-refractivity contribution in [2.45, 2.75) is 13.0 Å². The first kappa shape index (κ1) is 19.7. The number of carbonyl (C=O) groups excluding carboxylic acids is 1. The van der Waals surface area contributed by atoms with E-state index in [-0.39, 0.29) is 12.4 Å². The SMILES string of the molecule is CC(NS(C)(=O)=O)C(=O)Nc1ccc(OCCN)cc1.Cl. The normalized spacial score (nSPS) is 12.1. The monoisotopic (exact) mass is 337 g/mol. The van der Waals surface area contributed by atoms with Gasteiger partial charge >= 0.3 is 0 Å². The number of benzene rings is 1. The van der Waals surface area contributed by atoms with E-state index in [1.54, 1.807) is 24.3 Å². The molecule has 0 fully saturated rings. The average Bonchev–Trinajstić information content (AvgIpc) is 2.36. The van der Waals surface area contributed by atoms with Crippen LogP contribution in [-0.4, -0.2) is 39.8 Å². The summed E-state index contributed by atoms with van der Waals surface area (Å²) in [6, 6.07) is 5.87. The van der Waals surface area contributed by atoms with E-state index in [9.17, 15) is 13.2 Å². The molecule has 0 saturated carbocycles. The molecule has 0 saturated heterocycles. The fourth-order valence-electron chi connectivity index (χ4n) is 1.44. The molecule has 1 atom stereocenters. The zero-order valence-electron chi connectivity index (χ0n) is 11.8. The topological polar surface area (TPSA) is 111 Å². The highest BCUT2D eigenvalue weighted by Crippen LogP contribution is 2.15. The molecular formula is C12H20ClN3O4S. The largest absolute Gasteiger partial charge is 0.492 e. The number of hydrogen-bond acceptors (Lipinski definition) is 5. The zero-order valence-corrected chi connectivity index (χ0v) is 13.5. The molecule has 1 rings (SSSR count). The molecule has 0 aliphatic heterocycles. The summed E-state index contributed by atoms with van der Waals surface area (Å²) in [5, 5.41) is 2.60. The van der Waals surface area contributed by atoms with Crippen molar-refractivity contribution in [3.05, 3.63) is 24.3 Å². The third-order valence-corrected chi connectivity index (χ3v) is 3.07. The summed E-state index contributed by atoms with van der Waals surface area (Å²) in [4.78, 5) is 11.8. The summed E-state index contributed by atoms with van der Waals surface area (Å²) in [6.45, 7) is 2.31.